The van der Waals surface area contributed by atoms with E-state index in [0.29, 0.717) is 30.0 Å². The van der Waals surface area contributed by atoms with Crippen molar-refractivity contribution in [3.05, 3.63) is 52.8 Å². The van der Waals surface area contributed by atoms with Gasteiger partial charge in [-0.3, -0.25) is 9.59 Å². The molecule has 0 aliphatic carbocycles. The SMILES string of the molecule is CCOc1cc(C=O)ccc1OCC(=O)Nc1ccc(F)cc1Cl. The number of carbonyl (C=O) groups excluding carboxylic acids is 2. The maximum atomic E-state index is 13.0. The smallest absolute Gasteiger partial charge is 0.262 e. The molecule has 0 unspecified atom stereocenters. The van der Waals surface area contributed by atoms with Crippen LogP contribution in [0.15, 0.2) is 36.4 Å². The van der Waals surface area contributed by atoms with Crippen LogP contribution in [0.25, 0.3) is 0 Å². The van der Waals surface area contributed by atoms with Gasteiger partial charge in [0.1, 0.15) is 12.1 Å². The monoisotopic (exact) mass is 351 g/mol. The lowest BCUT2D eigenvalue weighted by molar-refractivity contribution is -0.118. The van der Waals surface area contributed by atoms with E-state index in [0.717, 1.165) is 6.07 Å². The van der Waals surface area contributed by atoms with Gasteiger partial charge in [0.2, 0.25) is 0 Å². The molecule has 0 atom stereocenters. The Balaban J connectivity index is 2.02. The van der Waals surface area contributed by atoms with Gasteiger partial charge in [-0.2, -0.15) is 0 Å². The minimum absolute atomic E-state index is 0.0914. The molecule has 0 saturated heterocycles. The van der Waals surface area contributed by atoms with Crippen LogP contribution >= 0.6 is 11.6 Å². The molecule has 0 heterocycles. The van der Waals surface area contributed by atoms with Gasteiger partial charge in [-0.25, -0.2) is 4.39 Å². The van der Waals surface area contributed by atoms with Crippen LogP contribution in [-0.2, 0) is 4.79 Å². The number of rotatable bonds is 7. The van der Waals surface area contributed by atoms with Crippen molar-refractivity contribution in [2.75, 3.05) is 18.5 Å². The summed E-state index contributed by atoms with van der Waals surface area (Å²) < 4.78 is 23.8. The number of carbonyl (C=O) groups is 2. The van der Waals surface area contributed by atoms with Gasteiger partial charge in [0.25, 0.3) is 5.91 Å². The summed E-state index contributed by atoms with van der Waals surface area (Å²) in [5.41, 5.74) is 0.723. The molecule has 126 valence electrons. The molecule has 0 fully saturated rings. The second kappa shape index (κ2) is 8.31. The van der Waals surface area contributed by atoms with Gasteiger partial charge in [-0.1, -0.05) is 11.6 Å². The van der Waals surface area contributed by atoms with Crippen molar-refractivity contribution in [3.8, 4) is 11.5 Å². The molecular formula is C17H15ClFNO4. The van der Waals surface area contributed by atoms with Gasteiger partial charge in [-0.05, 0) is 43.3 Å². The number of amides is 1. The van der Waals surface area contributed by atoms with Gasteiger partial charge >= 0.3 is 0 Å². The first-order chi connectivity index (χ1) is 11.5. The zero-order valence-electron chi connectivity index (χ0n) is 12.8. The standard InChI is InChI=1S/C17H15ClFNO4/c1-2-23-16-7-11(9-21)3-6-15(16)24-10-17(22)20-14-5-4-12(19)8-13(14)18/h3-9H,2,10H2,1H3,(H,20,22). The van der Waals surface area contributed by atoms with Crippen LogP contribution in [0.2, 0.25) is 5.02 Å². The van der Waals surface area contributed by atoms with Crippen molar-refractivity contribution >= 4 is 29.5 Å². The molecule has 1 amide bonds. The number of halogens is 2. The maximum Gasteiger partial charge on any atom is 0.262 e. The molecule has 2 aromatic carbocycles. The van der Waals surface area contributed by atoms with E-state index in [1.807, 2.05) is 0 Å². The molecule has 5 nitrogen and oxygen atoms in total. The van der Waals surface area contributed by atoms with Crippen LogP contribution in [0.4, 0.5) is 10.1 Å². The third-order valence-corrected chi connectivity index (χ3v) is 3.28. The summed E-state index contributed by atoms with van der Waals surface area (Å²) in [5, 5.41) is 2.61. The lowest BCUT2D eigenvalue weighted by Crippen LogP contribution is -2.20. The summed E-state index contributed by atoms with van der Waals surface area (Å²) in [4.78, 5) is 22.7. The molecule has 2 aromatic rings. The quantitative estimate of drug-likeness (QED) is 0.772. The van der Waals surface area contributed by atoms with Crippen molar-refractivity contribution in [1.29, 1.82) is 0 Å². The number of aldehydes is 1. The predicted octanol–water partition coefficient (Wildman–Crippen LogP) is 3.71. The van der Waals surface area contributed by atoms with E-state index < -0.39 is 11.7 Å². The molecule has 0 spiro atoms. The Bertz CT molecular complexity index is 751. The summed E-state index contributed by atoms with van der Waals surface area (Å²) in [7, 11) is 0. The van der Waals surface area contributed by atoms with E-state index in [1.165, 1.54) is 18.2 Å². The zero-order chi connectivity index (χ0) is 17.5. The summed E-state index contributed by atoms with van der Waals surface area (Å²) in [6, 6.07) is 8.28. The molecule has 0 bridgehead atoms. The Kier molecular flexibility index (Phi) is 6.14. The molecular weight excluding hydrogens is 337 g/mol. The molecule has 2 rings (SSSR count). The van der Waals surface area contributed by atoms with Crippen molar-refractivity contribution in [2.45, 2.75) is 6.92 Å². The Hall–Kier alpha value is -2.60. The first kappa shape index (κ1) is 17.7. The third kappa shape index (κ3) is 4.70. The molecule has 0 aliphatic heterocycles. The first-order valence-corrected chi connectivity index (χ1v) is 7.51. The van der Waals surface area contributed by atoms with Crippen molar-refractivity contribution < 1.29 is 23.5 Å². The van der Waals surface area contributed by atoms with E-state index in [-0.39, 0.29) is 17.3 Å². The lowest BCUT2D eigenvalue weighted by Gasteiger charge is -2.12. The van der Waals surface area contributed by atoms with Crippen LogP contribution in [-0.4, -0.2) is 25.4 Å². The zero-order valence-corrected chi connectivity index (χ0v) is 13.6. The molecule has 24 heavy (non-hydrogen) atoms. The van der Waals surface area contributed by atoms with E-state index >= 15 is 0 Å². The highest BCUT2D eigenvalue weighted by Gasteiger charge is 2.11. The van der Waals surface area contributed by atoms with Gasteiger partial charge in [0, 0.05) is 5.56 Å². The number of hydrogen-bond donors (Lipinski definition) is 1. The second-order valence-corrected chi connectivity index (χ2v) is 5.13. The van der Waals surface area contributed by atoms with E-state index in [9.17, 15) is 14.0 Å². The Morgan fingerprint density at radius 3 is 2.67 bits per heavy atom. The van der Waals surface area contributed by atoms with E-state index in [2.05, 4.69) is 5.32 Å². The van der Waals surface area contributed by atoms with Crippen LogP contribution in [0, 0.1) is 5.82 Å². The van der Waals surface area contributed by atoms with Crippen molar-refractivity contribution in [3.63, 3.8) is 0 Å². The fourth-order valence-electron chi connectivity index (χ4n) is 1.91. The summed E-state index contributed by atoms with van der Waals surface area (Å²) in [6.07, 6.45) is 0.690. The van der Waals surface area contributed by atoms with Gasteiger partial charge in [0.05, 0.1) is 17.3 Å². The molecule has 7 heteroatoms. The fourth-order valence-corrected chi connectivity index (χ4v) is 2.12. The number of benzene rings is 2. The third-order valence-electron chi connectivity index (χ3n) is 2.97. The molecule has 1 N–H and O–H groups in total. The molecule has 0 aromatic heterocycles. The topological polar surface area (TPSA) is 64.6 Å². The largest absolute Gasteiger partial charge is 0.490 e. The molecule has 0 saturated carbocycles. The van der Waals surface area contributed by atoms with Crippen LogP contribution < -0.4 is 14.8 Å². The van der Waals surface area contributed by atoms with Crippen LogP contribution in [0.3, 0.4) is 0 Å². The normalized spacial score (nSPS) is 10.1. The average molecular weight is 352 g/mol. The highest BCUT2D eigenvalue weighted by Crippen LogP contribution is 2.28. The van der Waals surface area contributed by atoms with Gasteiger partial charge in [-0.15, -0.1) is 0 Å². The van der Waals surface area contributed by atoms with Crippen molar-refractivity contribution in [2.24, 2.45) is 0 Å². The van der Waals surface area contributed by atoms with Gasteiger partial charge < -0.3 is 14.8 Å². The van der Waals surface area contributed by atoms with Crippen LogP contribution in [0.1, 0.15) is 17.3 Å². The highest BCUT2D eigenvalue weighted by molar-refractivity contribution is 6.33. The summed E-state index contributed by atoms with van der Waals surface area (Å²) in [6.45, 7) is 1.88. The highest BCUT2D eigenvalue weighted by atomic mass is 35.5. The molecule has 0 radical (unpaired) electrons. The number of ether oxygens (including phenoxy) is 2. The fraction of sp³-hybridized carbons (Fsp3) is 0.176. The number of anilines is 1. The Morgan fingerprint density at radius 1 is 1.21 bits per heavy atom. The predicted molar refractivity (Wildman–Crippen MR) is 88.5 cm³/mol. The minimum atomic E-state index is -0.495. The minimum Gasteiger partial charge on any atom is -0.490 e. The van der Waals surface area contributed by atoms with E-state index in [4.69, 9.17) is 21.1 Å². The average Bonchev–Trinajstić information content (AvgIpc) is 2.56. The summed E-state index contributed by atoms with van der Waals surface area (Å²) >= 11 is 5.84. The second-order valence-electron chi connectivity index (χ2n) is 4.72. The number of hydrogen-bond acceptors (Lipinski definition) is 4. The first-order valence-electron chi connectivity index (χ1n) is 7.13. The van der Waals surface area contributed by atoms with Crippen LogP contribution in [0.5, 0.6) is 11.5 Å². The van der Waals surface area contributed by atoms with Gasteiger partial charge in [0.15, 0.2) is 18.1 Å². The number of nitrogens with one attached hydrogen (secondary N) is 1. The maximum absolute atomic E-state index is 13.0. The lowest BCUT2D eigenvalue weighted by atomic mass is 10.2. The van der Waals surface area contributed by atoms with Crippen molar-refractivity contribution in [1.82, 2.24) is 0 Å². The van der Waals surface area contributed by atoms with E-state index in [1.54, 1.807) is 19.1 Å². The molecule has 0 aliphatic rings. The Labute approximate surface area is 143 Å². The summed E-state index contributed by atoms with van der Waals surface area (Å²) in [5.74, 6) is -0.256. The Morgan fingerprint density at radius 2 is 2.00 bits per heavy atom.